The van der Waals surface area contributed by atoms with Crippen LogP contribution in [0.4, 0.5) is 0 Å². The molecule has 2 saturated heterocycles. The molecule has 26 heavy (non-hydrogen) atoms. The van der Waals surface area contributed by atoms with Crippen LogP contribution in [-0.2, 0) is 19.0 Å². The van der Waals surface area contributed by atoms with E-state index >= 15 is 0 Å². The van der Waals surface area contributed by atoms with Crippen molar-refractivity contribution in [1.29, 1.82) is 0 Å². The van der Waals surface area contributed by atoms with Crippen molar-refractivity contribution in [2.45, 2.75) is 33.1 Å². The number of esters is 1. The van der Waals surface area contributed by atoms with E-state index in [9.17, 15) is 4.79 Å². The van der Waals surface area contributed by atoms with Crippen molar-refractivity contribution in [3.05, 3.63) is 0 Å². The Morgan fingerprint density at radius 1 is 1.31 bits per heavy atom. The van der Waals surface area contributed by atoms with E-state index in [0.717, 1.165) is 71.3 Å². The van der Waals surface area contributed by atoms with Gasteiger partial charge in [0.2, 0.25) is 0 Å². The van der Waals surface area contributed by atoms with Gasteiger partial charge in [0, 0.05) is 52.6 Å². The summed E-state index contributed by atoms with van der Waals surface area (Å²) in [6, 6.07) is 0. The number of nitrogens with one attached hydrogen (secondary N) is 1. The Morgan fingerprint density at radius 2 is 2.08 bits per heavy atom. The highest BCUT2D eigenvalue weighted by Crippen LogP contribution is 2.24. The molecule has 150 valence electrons. The van der Waals surface area contributed by atoms with Crippen LogP contribution in [0.15, 0.2) is 4.99 Å². The monoisotopic (exact) mass is 369 g/mol. The summed E-state index contributed by atoms with van der Waals surface area (Å²) in [5, 5.41) is 3.33. The molecule has 1 N–H and O–H groups in total. The zero-order valence-electron chi connectivity index (χ0n) is 16.5. The number of methoxy groups -OCH3 is 1. The van der Waals surface area contributed by atoms with Crippen molar-refractivity contribution >= 4 is 11.9 Å². The van der Waals surface area contributed by atoms with Crippen molar-refractivity contribution in [2.24, 2.45) is 22.7 Å². The van der Waals surface area contributed by atoms with E-state index < -0.39 is 0 Å². The standard InChI is InChI=1S/C19H35N3O4/c1-4-20-19(22-12-15(2)17(13-22)18(23)24-3)21-8-5-9-26-14-16-6-10-25-11-7-16/h15-17H,4-14H2,1-3H3,(H,20,21). The average Bonchev–Trinajstić information content (AvgIpc) is 3.05. The van der Waals surface area contributed by atoms with E-state index in [4.69, 9.17) is 19.2 Å². The number of aliphatic imine (C=N–C) groups is 1. The Morgan fingerprint density at radius 3 is 2.77 bits per heavy atom. The van der Waals surface area contributed by atoms with E-state index in [1.807, 2.05) is 0 Å². The van der Waals surface area contributed by atoms with Gasteiger partial charge in [0.25, 0.3) is 0 Å². The first-order chi connectivity index (χ1) is 12.7. The maximum absolute atomic E-state index is 11.9. The predicted octanol–water partition coefficient (Wildman–Crippen LogP) is 1.53. The van der Waals surface area contributed by atoms with Crippen LogP contribution in [0.3, 0.4) is 0 Å². The highest BCUT2D eigenvalue weighted by atomic mass is 16.5. The first kappa shape index (κ1) is 21.0. The third-order valence-corrected chi connectivity index (χ3v) is 5.15. The van der Waals surface area contributed by atoms with Gasteiger partial charge in [-0.25, -0.2) is 0 Å². The van der Waals surface area contributed by atoms with Gasteiger partial charge in [-0.05, 0) is 38.0 Å². The molecular weight excluding hydrogens is 334 g/mol. The highest BCUT2D eigenvalue weighted by molar-refractivity contribution is 5.82. The Balaban J connectivity index is 1.71. The van der Waals surface area contributed by atoms with Crippen LogP contribution < -0.4 is 5.32 Å². The van der Waals surface area contributed by atoms with Crippen molar-refractivity contribution in [3.63, 3.8) is 0 Å². The first-order valence-corrected chi connectivity index (χ1v) is 9.92. The summed E-state index contributed by atoms with van der Waals surface area (Å²) in [5.74, 6) is 1.60. The second-order valence-corrected chi connectivity index (χ2v) is 7.23. The van der Waals surface area contributed by atoms with Crippen LogP contribution in [-0.4, -0.2) is 76.5 Å². The van der Waals surface area contributed by atoms with Crippen LogP contribution >= 0.6 is 0 Å². The van der Waals surface area contributed by atoms with E-state index in [-0.39, 0.29) is 17.8 Å². The summed E-state index contributed by atoms with van der Waals surface area (Å²) in [5.41, 5.74) is 0. The summed E-state index contributed by atoms with van der Waals surface area (Å²) >= 11 is 0. The van der Waals surface area contributed by atoms with Gasteiger partial charge in [0.05, 0.1) is 13.0 Å². The quantitative estimate of drug-likeness (QED) is 0.303. The van der Waals surface area contributed by atoms with Gasteiger partial charge >= 0.3 is 5.97 Å². The average molecular weight is 370 g/mol. The molecule has 2 aliphatic rings. The summed E-state index contributed by atoms with van der Waals surface area (Å²) in [7, 11) is 1.46. The lowest BCUT2D eigenvalue weighted by Crippen LogP contribution is -2.40. The van der Waals surface area contributed by atoms with E-state index in [0.29, 0.717) is 12.5 Å². The summed E-state index contributed by atoms with van der Waals surface area (Å²) in [6.45, 7) is 10.5. The molecule has 0 aromatic heterocycles. The minimum absolute atomic E-state index is 0.0772. The van der Waals surface area contributed by atoms with Crippen LogP contribution in [0.25, 0.3) is 0 Å². The fraction of sp³-hybridized carbons (Fsp3) is 0.895. The molecule has 2 fully saturated rings. The maximum atomic E-state index is 11.9. The molecule has 0 bridgehead atoms. The van der Waals surface area contributed by atoms with Gasteiger partial charge < -0.3 is 24.4 Å². The van der Waals surface area contributed by atoms with Crippen molar-refractivity contribution in [1.82, 2.24) is 10.2 Å². The fourth-order valence-corrected chi connectivity index (χ4v) is 3.54. The zero-order valence-corrected chi connectivity index (χ0v) is 16.5. The van der Waals surface area contributed by atoms with Gasteiger partial charge in [-0.1, -0.05) is 6.92 Å². The van der Waals surface area contributed by atoms with Crippen molar-refractivity contribution in [3.8, 4) is 0 Å². The van der Waals surface area contributed by atoms with Gasteiger partial charge in [-0.3, -0.25) is 9.79 Å². The van der Waals surface area contributed by atoms with Gasteiger partial charge in [0.1, 0.15) is 0 Å². The number of hydrogen-bond acceptors (Lipinski definition) is 5. The molecular formula is C19H35N3O4. The Labute approximate surface area is 157 Å². The van der Waals surface area contributed by atoms with Crippen LogP contribution in [0.1, 0.15) is 33.1 Å². The van der Waals surface area contributed by atoms with Gasteiger partial charge in [0.15, 0.2) is 5.96 Å². The summed E-state index contributed by atoms with van der Waals surface area (Å²) in [6.07, 6.45) is 3.12. The van der Waals surface area contributed by atoms with E-state index in [2.05, 4.69) is 24.1 Å². The van der Waals surface area contributed by atoms with Gasteiger partial charge in [-0.2, -0.15) is 0 Å². The molecule has 7 heteroatoms. The number of nitrogens with zero attached hydrogens (tertiary/aromatic N) is 2. The molecule has 0 saturated carbocycles. The molecule has 2 rings (SSSR count). The molecule has 0 aromatic carbocycles. The van der Waals surface area contributed by atoms with Crippen molar-refractivity contribution in [2.75, 3.05) is 59.7 Å². The molecule has 0 aliphatic carbocycles. The van der Waals surface area contributed by atoms with E-state index in [1.54, 1.807) is 0 Å². The van der Waals surface area contributed by atoms with Gasteiger partial charge in [-0.15, -0.1) is 0 Å². The summed E-state index contributed by atoms with van der Waals surface area (Å²) in [4.78, 5) is 18.8. The highest BCUT2D eigenvalue weighted by Gasteiger charge is 2.36. The minimum atomic E-state index is -0.127. The molecule has 2 aliphatic heterocycles. The number of carbonyl (C=O) groups excluding carboxylic acids is 1. The Kier molecular flexibility index (Phi) is 9.18. The minimum Gasteiger partial charge on any atom is -0.469 e. The number of hydrogen-bond donors (Lipinski definition) is 1. The molecule has 7 nitrogen and oxygen atoms in total. The number of guanidine groups is 1. The molecule has 0 radical (unpaired) electrons. The van der Waals surface area contributed by atoms with Crippen molar-refractivity contribution < 1.29 is 19.0 Å². The molecule has 2 heterocycles. The van der Waals surface area contributed by atoms with Crippen LogP contribution in [0, 0.1) is 17.8 Å². The maximum Gasteiger partial charge on any atom is 0.310 e. The summed E-state index contributed by atoms with van der Waals surface area (Å²) < 4.78 is 16.1. The lowest BCUT2D eigenvalue weighted by atomic mass is 9.99. The molecule has 2 unspecified atom stereocenters. The number of likely N-dealkylation sites (tertiary alicyclic amines) is 1. The normalized spacial score (nSPS) is 24.7. The van der Waals surface area contributed by atoms with Crippen LogP contribution in [0.5, 0.6) is 0 Å². The SMILES string of the molecule is CCNC(=NCCCOCC1CCOCC1)N1CC(C)C(C(=O)OC)C1. The second kappa shape index (κ2) is 11.4. The molecule has 0 amide bonds. The Hall–Kier alpha value is -1.34. The van der Waals surface area contributed by atoms with E-state index in [1.165, 1.54) is 7.11 Å². The lowest BCUT2D eigenvalue weighted by Gasteiger charge is -2.22. The molecule has 0 aromatic rings. The third-order valence-electron chi connectivity index (χ3n) is 5.15. The van der Waals surface area contributed by atoms with Crippen LogP contribution in [0.2, 0.25) is 0 Å². The number of ether oxygens (including phenoxy) is 3. The fourth-order valence-electron chi connectivity index (χ4n) is 3.54. The first-order valence-electron chi connectivity index (χ1n) is 9.92. The topological polar surface area (TPSA) is 72.4 Å². The lowest BCUT2D eigenvalue weighted by molar-refractivity contribution is -0.145. The Bertz CT molecular complexity index is 452. The third kappa shape index (κ3) is 6.43. The number of rotatable bonds is 8. The second-order valence-electron chi connectivity index (χ2n) is 7.23. The largest absolute Gasteiger partial charge is 0.469 e. The zero-order chi connectivity index (χ0) is 18.8. The predicted molar refractivity (Wildman–Crippen MR) is 101 cm³/mol. The number of carbonyl (C=O) groups is 1. The molecule has 2 atom stereocenters. The smallest absolute Gasteiger partial charge is 0.310 e. The molecule has 0 spiro atoms.